The van der Waals surface area contributed by atoms with Crippen LogP contribution in [-0.2, 0) is 11.3 Å². The van der Waals surface area contributed by atoms with Gasteiger partial charge in [-0.2, -0.15) is 5.10 Å². The van der Waals surface area contributed by atoms with Crippen LogP contribution < -0.4 is 5.32 Å². The number of aromatic amines is 1. The maximum Gasteiger partial charge on any atom is 0.138 e. The van der Waals surface area contributed by atoms with E-state index in [-0.39, 0.29) is 6.10 Å². The van der Waals surface area contributed by atoms with Gasteiger partial charge < -0.3 is 10.1 Å². The summed E-state index contributed by atoms with van der Waals surface area (Å²) in [5.74, 6) is 0.843. The van der Waals surface area contributed by atoms with E-state index in [1.54, 1.807) is 7.11 Å². The Morgan fingerprint density at radius 2 is 2.38 bits per heavy atom. The second-order valence-corrected chi connectivity index (χ2v) is 3.04. The smallest absolute Gasteiger partial charge is 0.138 e. The predicted molar refractivity (Wildman–Crippen MR) is 49.2 cm³/mol. The number of aromatic nitrogens is 3. The quantitative estimate of drug-likeness (QED) is 0.691. The molecule has 74 valence electrons. The minimum absolute atomic E-state index is 0.197. The molecular formula is C8H16N4O. The molecular weight excluding hydrogens is 168 g/mol. The third-order valence-electron chi connectivity index (χ3n) is 2.13. The summed E-state index contributed by atoms with van der Waals surface area (Å²) in [4.78, 5) is 4.00. The van der Waals surface area contributed by atoms with Crippen molar-refractivity contribution in [3.05, 3.63) is 12.2 Å². The van der Waals surface area contributed by atoms with Crippen molar-refractivity contribution >= 4 is 0 Å². The fraction of sp³-hybridized carbons (Fsp3) is 0.750. The molecule has 0 spiro atoms. The molecule has 2 atom stereocenters. The van der Waals surface area contributed by atoms with Gasteiger partial charge in [-0.05, 0) is 13.8 Å². The topological polar surface area (TPSA) is 62.8 Å². The first-order chi connectivity index (χ1) is 6.24. The minimum Gasteiger partial charge on any atom is -0.380 e. The monoisotopic (exact) mass is 184 g/mol. The summed E-state index contributed by atoms with van der Waals surface area (Å²) >= 11 is 0. The summed E-state index contributed by atoms with van der Waals surface area (Å²) in [7, 11) is 1.71. The lowest BCUT2D eigenvalue weighted by Gasteiger charge is -2.18. The largest absolute Gasteiger partial charge is 0.380 e. The van der Waals surface area contributed by atoms with Crippen LogP contribution in [0.4, 0.5) is 0 Å². The summed E-state index contributed by atoms with van der Waals surface area (Å²) in [6, 6.07) is 0.301. The molecule has 0 saturated heterocycles. The van der Waals surface area contributed by atoms with E-state index < -0.39 is 0 Å². The van der Waals surface area contributed by atoms with Gasteiger partial charge >= 0.3 is 0 Å². The van der Waals surface area contributed by atoms with E-state index in [0.29, 0.717) is 12.6 Å². The molecule has 0 bridgehead atoms. The number of nitrogens with zero attached hydrogens (tertiary/aromatic N) is 2. The third kappa shape index (κ3) is 3.12. The number of ether oxygens (including phenoxy) is 1. The predicted octanol–water partition coefficient (Wildman–Crippen LogP) is 0.318. The summed E-state index contributed by atoms with van der Waals surface area (Å²) in [5.41, 5.74) is 0. The van der Waals surface area contributed by atoms with E-state index in [9.17, 15) is 0 Å². The lowest BCUT2D eigenvalue weighted by Crippen LogP contribution is -2.36. The first-order valence-electron chi connectivity index (χ1n) is 4.34. The molecule has 0 saturated carbocycles. The number of hydrogen-bond acceptors (Lipinski definition) is 4. The Morgan fingerprint density at radius 3 is 2.92 bits per heavy atom. The van der Waals surface area contributed by atoms with Gasteiger partial charge in [0.25, 0.3) is 0 Å². The van der Waals surface area contributed by atoms with Crippen LogP contribution in [0.1, 0.15) is 19.7 Å². The zero-order chi connectivity index (χ0) is 9.68. The van der Waals surface area contributed by atoms with Gasteiger partial charge in [-0.25, -0.2) is 4.98 Å². The van der Waals surface area contributed by atoms with Crippen molar-refractivity contribution in [2.24, 2.45) is 0 Å². The van der Waals surface area contributed by atoms with Gasteiger partial charge in [0.05, 0.1) is 12.6 Å². The Kier molecular flexibility index (Phi) is 3.85. The van der Waals surface area contributed by atoms with Crippen LogP contribution >= 0.6 is 0 Å². The van der Waals surface area contributed by atoms with Gasteiger partial charge in [0.2, 0.25) is 0 Å². The summed E-state index contributed by atoms with van der Waals surface area (Å²) in [6.07, 6.45) is 1.70. The zero-order valence-corrected chi connectivity index (χ0v) is 8.24. The first-order valence-corrected chi connectivity index (χ1v) is 4.34. The Hall–Kier alpha value is -0.940. The summed E-state index contributed by atoms with van der Waals surface area (Å²) in [6.45, 7) is 4.79. The Balaban J connectivity index is 2.26. The van der Waals surface area contributed by atoms with E-state index in [0.717, 1.165) is 5.82 Å². The number of hydrogen-bond donors (Lipinski definition) is 2. The number of nitrogens with one attached hydrogen (secondary N) is 2. The van der Waals surface area contributed by atoms with Gasteiger partial charge in [-0.15, -0.1) is 0 Å². The van der Waals surface area contributed by atoms with Gasteiger partial charge in [0.15, 0.2) is 0 Å². The van der Waals surface area contributed by atoms with Crippen LogP contribution in [0.2, 0.25) is 0 Å². The number of rotatable bonds is 5. The zero-order valence-electron chi connectivity index (χ0n) is 8.24. The Morgan fingerprint density at radius 1 is 1.62 bits per heavy atom. The van der Waals surface area contributed by atoms with Crippen LogP contribution in [0.15, 0.2) is 6.33 Å². The molecule has 2 N–H and O–H groups in total. The Labute approximate surface area is 77.9 Å². The van der Waals surface area contributed by atoms with Crippen LogP contribution in [0.5, 0.6) is 0 Å². The highest BCUT2D eigenvalue weighted by atomic mass is 16.5. The maximum absolute atomic E-state index is 5.17. The molecule has 0 fully saturated rings. The molecule has 13 heavy (non-hydrogen) atoms. The normalized spacial score (nSPS) is 15.6. The maximum atomic E-state index is 5.17. The average molecular weight is 184 g/mol. The minimum atomic E-state index is 0.197. The lowest BCUT2D eigenvalue weighted by molar-refractivity contribution is 0.0880. The third-order valence-corrected chi connectivity index (χ3v) is 2.13. The molecule has 0 aliphatic carbocycles. The lowest BCUT2D eigenvalue weighted by atomic mass is 10.2. The van der Waals surface area contributed by atoms with Crippen LogP contribution in [-0.4, -0.2) is 34.4 Å². The van der Waals surface area contributed by atoms with Gasteiger partial charge in [-0.1, -0.05) is 0 Å². The second kappa shape index (κ2) is 4.94. The Bertz CT molecular complexity index is 224. The molecule has 0 amide bonds. The van der Waals surface area contributed by atoms with E-state index in [1.165, 1.54) is 6.33 Å². The average Bonchev–Trinajstić information content (AvgIpc) is 2.65. The molecule has 0 radical (unpaired) electrons. The first kappa shape index (κ1) is 10.1. The highest BCUT2D eigenvalue weighted by molar-refractivity contribution is 4.80. The van der Waals surface area contributed by atoms with Crippen LogP contribution in [0, 0.1) is 0 Å². The molecule has 1 aromatic rings. The molecule has 0 aliphatic heterocycles. The van der Waals surface area contributed by atoms with Crippen molar-refractivity contribution in [1.82, 2.24) is 20.5 Å². The van der Waals surface area contributed by atoms with E-state index in [4.69, 9.17) is 4.74 Å². The van der Waals surface area contributed by atoms with Crippen LogP contribution in [0.25, 0.3) is 0 Å². The van der Waals surface area contributed by atoms with E-state index in [2.05, 4.69) is 27.4 Å². The van der Waals surface area contributed by atoms with Crippen molar-refractivity contribution in [1.29, 1.82) is 0 Å². The second-order valence-electron chi connectivity index (χ2n) is 3.04. The van der Waals surface area contributed by atoms with Crippen LogP contribution in [0.3, 0.4) is 0 Å². The fourth-order valence-electron chi connectivity index (χ4n) is 0.944. The molecule has 0 aromatic carbocycles. The molecule has 1 aromatic heterocycles. The highest BCUT2D eigenvalue weighted by Gasteiger charge is 2.10. The van der Waals surface area contributed by atoms with E-state index in [1.807, 2.05) is 6.92 Å². The molecule has 5 nitrogen and oxygen atoms in total. The molecule has 2 unspecified atom stereocenters. The van der Waals surface area contributed by atoms with Crippen molar-refractivity contribution in [3.63, 3.8) is 0 Å². The van der Waals surface area contributed by atoms with Crippen molar-refractivity contribution in [2.75, 3.05) is 7.11 Å². The van der Waals surface area contributed by atoms with Gasteiger partial charge in [0, 0.05) is 13.2 Å². The van der Waals surface area contributed by atoms with Crippen molar-refractivity contribution in [3.8, 4) is 0 Å². The standard InChI is InChI=1S/C8H16N4O/c1-6(7(2)13-3)9-4-8-10-5-11-12-8/h5-7,9H,4H2,1-3H3,(H,10,11,12). The summed E-state index contributed by atoms with van der Waals surface area (Å²) < 4.78 is 5.17. The molecule has 1 heterocycles. The van der Waals surface area contributed by atoms with Gasteiger partial charge in [0.1, 0.15) is 12.2 Å². The highest BCUT2D eigenvalue weighted by Crippen LogP contribution is 1.96. The molecule has 1 rings (SSSR count). The van der Waals surface area contributed by atoms with Gasteiger partial charge in [-0.3, -0.25) is 5.10 Å². The SMILES string of the molecule is COC(C)C(C)NCc1ncn[nH]1. The fourth-order valence-corrected chi connectivity index (χ4v) is 0.944. The van der Waals surface area contributed by atoms with Crippen molar-refractivity contribution < 1.29 is 4.74 Å². The molecule has 5 heteroatoms. The number of methoxy groups -OCH3 is 1. The number of H-pyrrole nitrogens is 1. The van der Waals surface area contributed by atoms with E-state index >= 15 is 0 Å². The summed E-state index contributed by atoms with van der Waals surface area (Å²) in [5, 5.41) is 9.82. The van der Waals surface area contributed by atoms with Crippen molar-refractivity contribution in [2.45, 2.75) is 32.5 Å². The molecule has 0 aliphatic rings.